The molecule has 0 spiro atoms. The van der Waals surface area contributed by atoms with E-state index >= 15 is 0 Å². The summed E-state index contributed by atoms with van der Waals surface area (Å²) in [6.45, 7) is 3.28. The molecule has 0 saturated heterocycles. The Morgan fingerprint density at radius 3 is 2.84 bits per heavy atom. The highest BCUT2D eigenvalue weighted by molar-refractivity contribution is 7.11. The first-order valence-corrected chi connectivity index (χ1v) is 6.60. The van der Waals surface area contributed by atoms with Gasteiger partial charge in [-0.25, -0.2) is 0 Å². The molecule has 0 aliphatic rings. The number of hydrogen-bond donors (Lipinski definition) is 2. The highest BCUT2D eigenvalue weighted by Gasteiger charge is 2.21. The maximum Gasteiger partial charge on any atom is 0.255 e. The van der Waals surface area contributed by atoms with E-state index in [1.807, 2.05) is 30.0 Å². The molecular formula is C12H15N5OS. The van der Waals surface area contributed by atoms with Crippen LogP contribution in [0.15, 0.2) is 24.4 Å². The fourth-order valence-electron chi connectivity index (χ4n) is 1.76. The fraction of sp³-hybridized carbons (Fsp3) is 0.250. The minimum Gasteiger partial charge on any atom is -0.382 e. The second kappa shape index (κ2) is 5.66. The standard InChI is InChI=1S/C12H15N5OS/c1-2-17(7-8-5-3-4-6-15-8)12-9(11(14)18)10(13)16-19-12/h3-6H,2,7H2,1H3,(H2,13,16)(H2,14,18). The molecule has 0 aliphatic heterocycles. The van der Waals surface area contributed by atoms with Crippen LogP contribution in [0.4, 0.5) is 10.8 Å². The highest BCUT2D eigenvalue weighted by atomic mass is 32.1. The van der Waals surface area contributed by atoms with Gasteiger partial charge >= 0.3 is 0 Å². The van der Waals surface area contributed by atoms with Gasteiger partial charge in [0.2, 0.25) is 0 Å². The number of carbonyl (C=O) groups excluding carboxylic acids is 1. The number of pyridine rings is 1. The molecule has 2 heterocycles. The predicted octanol–water partition coefficient (Wildman–Crippen LogP) is 1.25. The largest absolute Gasteiger partial charge is 0.382 e. The highest BCUT2D eigenvalue weighted by Crippen LogP contribution is 2.30. The van der Waals surface area contributed by atoms with Gasteiger partial charge in [-0.3, -0.25) is 9.78 Å². The number of nitrogens with two attached hydrogens (primary N) is 2. The van der Waals surface area contributed by atoms with Crippen LogP contribution in [0.25, 0.3) is 0 Å². The van der Waals surface area contributed by atoms with E-state index in [9.17, 15) is 4.79 Å². The summed E-state index contributed by atoms with van der Waals surface area (Å²) < 4.78 is 4.00. The van der Waals surface area contributed by atoms with E-state index in [-0.39, 0.29) is 5.82 Å². The Kier molecular flexibility index (Phi) is 3.96. The normalized spacial score (nSPS) is 10.4. The molecule has 0 aliphatic carbocycles. The summed E-state index contributed by atoms with van der Waals surface area (Å²) in [5.74, 6) is -0.368. The molecule has 0 bridgehead atoms. The predicted molar refractivity (Wildman–Crippen MR) is 76.0 cm³/mol. The first-order valence-electron chi connectivity index (χ1n) is 5.83. The molecule has 1 amide bonds. The SMILES string of the molecule is CCN(Cc1ccccn1)c1snc(N)c1C(N)=O. The van der Waals surface area contributed by atoms with Crippen LogP contribution in [0.3, 0.4) is 0 Å². The number of carbonyl (C=O) groups is 1. The first-order chi connectivity index (χ1) is 9.13. The lowest BCUT2D eigenvalue weighted by Gasteiger charge is -2.21. The summed E-state index contributed by atoms with van der Waals surface area (Å²) in [5.41, 5.74) is 12.2. The smallest absolute Gasteiger partial charge is 0.255 e. The van der Waals surface area contributed by atoms with Gasteiger partial charge in [0.15, 0.2) is 5.82 Å². The molecule has 7 heteroatoms. The van der Waals surface area contributed by atoms with Crippen LogP contribution in [-0.4, -0.2) is 21.8 Å². The van der Waals surface area contributed by atoms with E-state index in [0.29, 0.717) is 23.7 Å². The van der Waals surface area contributed by atoms with Gasteiger partial charge in [0.1, 0.15) is 10.6 Å². The van der Waals surface area contributed by atoms with Gasteiger partial charge < -0.3 is 16.4 Å². The molecule has 0 radical (unpaired) electrons. The maximum atomic E-state index is 11.4. The van der Waals surface area contributed by atoms with Crippen molar-refractivity contribution in [3.05, 3.63) is 35.7 Å². The molecule has 0 aromatic carbocycles. The molecule has 0 unspecified atom stereocenters. The molecule has 4 N–H and O–H groups in total. The zero-order valence-corrected chi connectivity index (χ0v) is 11.4. The molecule has 2 rings (SSSR count). The Labute approximate surface area is 115 Å². The number of primary amides is 1. The van der Waals surface area contributed by atoms with Crippen LogP contribution >= 0.6 is 11.5 Å². The second-order valence-electron chi connectivity index (χ2n) is 3.95. The monoisotopic (exact) mass is 277 g/mol. The van der Waals surface area contributed by atoms with E-state index < -0.39 is 5.91 Å². The third-order valence-corrected chi connectivity index (χ3v) is 3.62. The molecule has 2 aromatic heterocycles. The van der Waals surface area contributed by atoms with Crippen molar-refractivity contribution in [1.29, 1.82) is 0 Å². The Morgan fingerprint density at radius 1 is 1.47 bits per heavy atom. The molecular weight excluding hydrogens is 262 g/mol. The second-order valence-corrected chi connectivity index (χ2v) is 4.70. The van der Waals surface area contributed by atoms with Crippen molar-refractivity contribution < 1.29 is 4.79 Å². The molecule has 0 atom stereocenters. The van der Waals surface area contributed by atoms with Crippen molar-refractivity contribution in [1.82, 2.24) is 9.36 Å². The van der Waals surface area contributed by atoms with Gasteiger partial charge in [0.05, 0.1) is 12.2 Å². The summed E-state index contributed by atoms with van der Waals surface area (Å²) in [6, 6.07) is 5.71. The lowest BCUT2D eigenvalue weighted by atomic mass is 10.2. The minimum atomic E-state index is -0.555. The van der Waals surface area contributed by atoms with Gasteiger partial charge in [-0.05, 0) is 30.6 Å². The summed E-state index contributed by atoms with van der Waals surface area (Å²) >= 11 is 1.18. The summed E-state index contributed by atoms with van der Waals surface area (Å²) in [4.78, 5) is 17.7. The Morgan fingerprint density at radius 2 is 2.26 bits per heavy atom. The van der Waals surface area contributed by atoms with Gasteiger partial charge in [0.25, 0.3) is 5.91 Å². The van der Waals surface area contributed by atoms with E-state index in [1.165, 1.54) is 11.5 Å². The molecule has 2 aromatic rings. The Hall–Kier alpha value is -2.15. The number of nitrogen functional groups attached to an aromatic ring is 1. The number of aromatic nitrogens is 2. The fourth-order valence-corrected chi connectivity index (χ4v) is 2.64. The van der Waals surface area contributed by atoms with E-state index in [2.05, 4.69) is 9.36 Å². The van der Waals surface area contributed by atoms with Crippen molar-refractivity contribution in [3.8, 4) is 0 Å². The van der Waals surface area contributed by atoms with Crippen LogP contribution in [0.5, 0.6) is 0 Å². The molecule has 0 saturated carbocycles. The van der Waals surface area contributed by atoms with Crippen molar-refractivity contribution in [3.63, 3.8) is 0 Å². The van der Waals surface area contributed by atoms with Crippen LogP contribution < -0.4 is 16.4 Å². The summed E-state index contributed by atoms with van der Waals surface area (Å²) in [6.07, 6.45) is 1.74. The quantitative estimate of drug-likeness (QED) is 0.857. The lowest BCUT2D eigenvalue weighted by Crippen LogP contribution is -2.25. The van der Waals surface area contributed by atoms with Crippen LogP contribution in [0.1, 0.15) is 23.0 Å². The molecule has 6 nitrogen and oxygen atoms in total. The number of nitrogens with zero attached hydrogens (tertiary/aromatic N) is 3. The summed E-state index contributed by atoms with van der Waals surface area (Å²) in [5, 5.41) is 0.693. The maximum absolute atomic E-state index is 11.4. The van der Waals surface area contributed by atoms with E-state index in [4.69, 9.17) is 11.5 Å². The van der Waals surface area contributed by atoms with E-state index in [0.717, 1.165) is 5.69 Å². The third kappa shape index (κ3) is 2.82. The number of rotatable bonds is 5. The topological polar surface area (TPSA) is 98.1 Å². The Balaban J connectivity index is 2.30. The number of amides is 1. The van der Waals surface area contributed by atoms with E-state index in [1.54, 1.807) is 6.20 Å². The average Bonchev–Trinajstić information content (AvgIpc) is 2.79. The Bertz CT molecular complexity index is 569. The molecule has 19 heavy (non-hydrogen) atoms. The lowest BCUT2D eigenvalue weighted by molar-refractivity contribution is 0.100. The van der Waals surface area contributed by atoms with Gasteiger partial charge in [-0.1, -0.05) is 6.07 Å². The van der Waals surface area contributed by atoms with Gasteiger partial charge in [-0.15, -0.1) is 0 Å². The van der Waals surface area contributed by atoms with Crippen LogP contribution in [-0.2, 0) is 6.54 Å². The van der Waals surface area contributed by atoms with Crippen molar-refractivity contribution in [2.24, 2.45) is 5.73 Å². The van der Waals surface area contributed by atoms with Gasteiger partial charge in [0, 0.05) is 12.7 Å². The first kappa shape index (κ1) is 13.3. The number of anilines is 2. The van der Waals surface area contributed by atoms with Gasteiger partial charge in [-0.2, -0.15) is 4.37 Å². The third-order valence-electron chi connectivity index (χ3n) is 2.69. The van der Waals surface area contributed by atoms with Crippen LogP contribution in [0.2, 0.25) is 0 Å². The van der Waals surface area contributed by atoms with Crippen molar-refractivity contribution in [2.45, 2.75) is 13.5 Å². The zero-order chi connectivity index (χ0) is 13.8. The van der Waals surface area contributed by atoms with Crippen molar-refractivity contribution >= 4 is 28.3 Å². The van der Waals surface area contributed by atoms with Crippen molar-refractivity contribution in [2.75, 3.05) is 17.2 Å². The molecule has 100 valence electrons. The van der Waals surface area contributed by atoms with Crippen LogP contribution in [0, 0.1) is 0 Å². The average molecular weight is 277 g/mol. The minimum absolute atomic E-state index is 0.187. The zero-order valence-electron chi connectivity index (χ0n) is 10.5. The summed E-state index contributed by atoms with van der Waals surface area (Å²) in [7, 11) is 0. The molecule has 0 fully saturated rings. The number of hydrogen-bond acceptors (Lipinski definition) is 6.